The van der Waals surface area contributed by atoms with Gasteiger partial charge in [0.1, 0.15) is 5.82 Å². The zero-order chi connectivity index (χ0) is 15.4. The highest BCUT2D eigenvalue weighted by Gasteiger charge is 2.14. The molecule has 0 aliphatic heterocycles. The van der Waals surface area contributed by atoms with Crippen LogP contribution in [0.3, 0.4) is 0 Å². The molecule has 2 rings (SSSR count). The van der Waals surface area contributed by atoms with Crippen molar-refractivity contribution >= 4 is 11.5 Å². The van der Waals surface area contributed by atoms with Gasteiger partial charge in [0.15, 0.2) is 0 Å². The monoisotopic (exact) mass is 288 g/mol. The molecule has 7 nitrogen and oxygen atoms in total. The van der Waals surface area contributed by atoms with Crippen molar-refractivity contribution in [3.05, 3.63) is 62.2 Å². The van der Waals surface area contributed by atoms with Crippen LogP contribution in [0.2, 0.25) is 0 Å². The summed E-state index contributed by atoms with van der Waals surface area (Å²) >= 11 is 0. The summed E-state index contributed by atoms with van der Waals surface area (Å²) in [5, 5.41) is 14.1. The van der Waals surface area contributed by atoms with E-state index < -0.39 is 4.92 Å². The Hall–Kier alpha value is -2.70. The second kappa shape index (κ2) is 6.17. The van der Waals surface area contributed by atoms with Gasteiger partial charge in [0.2, 0.25) is 0 Å². The van der Waals surface area contributed by atoms with Gasteiger partial charge in [0, 0.05) is 29.9 Å². The van der Waals surface area contributed by atoms with E-state index in [0.717, 1.165) is 5.56 Å². The van der Waals surface area contributed by atoms with Gasteiger partial charge in [-0.2, -0.15) is 0 Å². The summed E-state index contributed by atoms with van der Waals surface area (Å²) in [5.41, 5.74) is 0.826. The molecule has 0 bridgehead atoms. The lowest BCUT2D eigenvalue weighted by Gasteiger charge is -2.11. The Labute approximate surface area is 121 Å². The molecule has 0 radical (unpaired) electrons. The van der Waals surface area contributed by atoms with Crippen LogP contribution in [0, 0.1) is 17.0 Å². The highest BCUT2D eigenvalue weighted by Crippen LogP contribution is 2.17. The molecule has 1 N–H and O–H groups in total. The van der Waals surface area contributed by atoms with Crippen molar-refractivity contribution in [3.63, 3.8) is 0 Å². The topological polar surface area (TPSA) is 90.1 Å². The molecular formula is C14H16N4O3. The third kappa shape index (κ3) is 3.25. The number of aromatic nitrogens is 2. The minimum atomic E-state index is -0.486. The first-order valence-corrected chi connectivity index (χ1v) is 6.56. The minimum absolute atomic E-state index is 0.0662. The van der Waals surface area contributed by atoms with Crippen LogP contribution in [0.4, 0.5) is 11.5 Å². The van der Waals surface area contributed by atoms with Crippen molar-refractivity contribution in [1.82, 2.24) is 9.55 Å². The standard InChI is InChI=1S/C14H16N4O3/c1-3-15-14-11(5-4-6-16-14)8-17-9-12(18(20)21)10(2)7-13(17)19/h4-7,9H,3,8H2,1-2H3,(H,15,16). The van der Waals surface area contributed by atoms with Crippen molar-refractivity contribution in [2.75, 3.05) is 11.9 Å². The zero-order valence-corrected chi connectivity index (χ0v) is 11.9. The fourth-order valence-corrected chi connectivity index (χ4v) is 2.05. The van der Waals surface area contributed by atoms with Gasteiger partial charge >= 0.3 is 0 Å². The third-order valence-electron chi connectivity index (χ3n) is 3.08. The van der Waals surface area contributed by atoms with E-state index in [-0.39, 0.29) is 17.8 Å². The van der Waals surface area contributed by atoms with E-state index in [1.54, 1.807) is 19.2 Å². The molecule has 2 aromatic heterocycles. The quantitative estimate of drug-likeness (QED) is 0.670. The minimum Gasteiger partial charge on any atom is -0.370 e. The maximum absolute atomic E-state index is 12.0. The summed E-state index contributed by atoms with van der Waals surface area (Å²) in [6.07, 6.45) is 2.93. The van der Waals surface area contributed by atoms with Crippen LogP contribution in [0.15, 0.2) is 35.4 Å². The maximum Gasteiger partial charge on any atom is 0.288 e. The average molecular weight is 288 g/mol. The number of anilines is 1. The van der Waals surface area contributed by atoms with E-state index in [4.69, 9.17) is 0 Å². The van der Waals surface area contributed by atoms with Crippen LogP contribution >= 0.6 is 0 Å². The maximum atomic E-state index is 12.0. The molecule has 0 spiro atoms. The lowest BCUT2D eigenvalue weighted by molar-refractivity contribution is -0.385. The smallest absolute Gasteiger partial charge is 0.288 e. The predicted molar refractivity (Wildman–Crippen MR) is 79.6 cm³/mol. The predicted octanol–water partition coefficient (Wildman–Crippen LogP) is 1.94. The van der Waals surface area contributed by atoms with E-state index in [0.29, 0.717) is 17.9 Å². The molecule has 0 saturated carbocycles. The summed E-state index contributed by atoms with van der Waals surface area (Å²) in [7, 11) is 0. The molecule has 0 unspecified atom stereocenters. The summed E-state index contributed by atoms with van der Waals surface area (Å²) in [5.74, 6) is 0.676. The molecule has 0 saturated heterocycles. The SMILES string of the molecule is CCNc1ncccc1Cn1cc([N+](=O)[O-])c(C)cc1=O. The Kier molecular flexibility index (Phi) is 4.32. The fraction of sp³-hybridized carbons (Fsp3) is 0.286. The third-order valence-corrected chi connectivity index (χ3v) is 3.08. The lowest BCUT2D eigenvalue weighted by Crippen LogP contribution is -2.21. The lowest BCUT2D eigenvalue weighted by atomic mass is 10.2. The highest BCUT2D eigenvalue weighted by atomic mass is 16.6. The highest BCUT2D eigenvalue weighted by molar-refractivity contribution is 5.44. The Bertz CT molecular complexity index is 724. The second-order valence-corrected chi connectivity index (χ2v) is 4.61. The average Bonchev–Trinajstić information content (AvgIpc) is 2.43. The Balaban J connectivity index is 2.42. The normalized spacial score (nSPS) is 10.4. The molecule has 7 heteroatoms. The molecule has 21 heavy (non-hydrogen) atoms. The molecule has 0 amide bonds. The second-order valence-electron chi connectivity index (χ2n) is 4.61. The van der Waals surface area contributed by atoms with E-state index in [1.807, 2.05) is 13.0 Å². The summed E-state index contributed by atoms with van der Waals surface area (Å²) in [6.45, 7) is 4.43. The molecule has 2 heterocycles. The van der Waals surface area contributed by atoms with Crippen molar-refractivity contribution in [2.45, 2.75) is 20.4 Å². The molecule has 0 aliphatic rings. The first-order chi connectivity index (χ1) is 10.0. The van der Waals surface area contributed by atoms with Crippen LogP contribution in [-0.4, -0.2) is 21.0 Å². The van der Waals surface area contributed by atoms with Crippen LogP contribution < -0.4 is 10.9 Å². The molecule has 0 aromatic carbocycles. The molecule has 110 valence electrons. The first kappa shape index (κ1) is 14.7. The van der Waals surface area contributed by atoms with Crippen LogP contribution in [0.5, 0.6) is 0 Å². The van der Waals surface area contributed by atoms with Gasteiger partial charge in [-0.1, -0.05) is 6.07 Å². The largest absolute Gasteiger partial charge is 0.370 e. The van der Waals surface area contributed by atoms with Crippen molar-refractivity contribution in [3.8, 4) is 0 Å². The number of rotatable bonds is 5. The van der Waals surface area contributed by atoms with Crippen molar-refractivity contribution < 1.29 is 4.92 Å². The van der Waals surface area contributed by atoms with Gasteiger partial charge in [-0.3, -0.25) is 14.9 Å². The number of hydrogen-bond acceptors (Lipinski definition) is 5. The van der Waals surface area contributed by atoms with E-state index in [9.17, 15) is 14.9 Å². The Morgan fingerprint density at radius 2 is 2.24 bits per heavy atom. The zero-order valence-electron chi connectivity index (χ0n) is 11.9. The number of pyridine rings is 2. The molecule has 0 atom stereocenters. The van der Waals surface area contributed by atoms with Gasteiger partial charge in [0.25, 0.3) is 11.2 Å². The number of hydrogen-bond donors (Lipinski definition) is 1. The number of nitrogens with zero attached hydrogens (tertiary/aromatic N) is 3. The molecule has 0 fully saturated rings. The van der Waals surface area contributed by atoms with Gasteiger partial charge in [-0.25, -0.2) is 4.98 Å². The molecular weight excluding hydrogens is 272 g/mol. The number of nitrogens with one attached hydrogen (secondary N) is 1. The Morgan fingerprint density at radius 1 is 1.48 bits per heavy atom. The number of nitro groups is 1. The van der Waals surface area contributed by atoms with Gasteiger partial charge in [-0.15, -0.1) is 0 Å². The van der Waals surface area contributed by atoms with Crippen molar-refractivity contribution in [1.29, 1.82) is 0 Å². The summed E-state index contributed by atoms with van der Waals surface area (Å²) in [6, 6.07) is 4.88. The summed E-state index contributed by atoms with van der Waals surface area (Å²) in [4.78, 5) is 26.7. The van der Waals surface area contributed by atoms with Crippen LogP contribution in [0.25, 0.3) is 0 Å². The summed E-state index contributed by atoms with van der Waals surface area (Å²) < 4.78 is 1.32. The van der Waals surface area contributed by atoms with Crippen LogP contribution in [-0.2, 0) is 6.54 Å². The van der Waals surface area contributed by atoms with E-state index >= 15 is 0 Å². The molecule has 0 aliphatic carbocycles. The number of aryl methyl sites for hydroxylation is 1. The fourth-order valence-electron chi connectivity index (χ4n) is 2.05. The van der Waals surface area contributed by atoms with E-state index in [1.165, 1.54) is 16.8 Å². The van der Waals surface area contributed by atoms with E-state index in [2.05, 4.69) is 10.3 Å². The Morgan fingerprint density at radius 3 is 2.90 bits per heavy atom. The van der Waals surface area contributed by atoms with Gasteiger partial charge < -0.3 is 9.88 Å². The first-order valence-electron chi connectivity index (χ1n) is 6.56. The van der Waals surface area contributed by atoms with Crippen molar-refractivity contribution in [2.24, 2.45) is 0 Å². The molecule has 2 aromatic rings. The van der Waals surface area contributed by atoms with Crippen LogP contribution in [0.1, 0.15) is 18.1 Å². The van der Waals surface area contributed by atoms with Gasteiger partial charge in [-0.05, 0) is 19.9 Å². The van der Waals surface area contributed by atoms with Gasteiger partial charge in [0.05, 0.1) is 17.7 Å².